The zero-order valence-electron chi connectivity index (χ0n) is 32.6. The van der Waals surface area contributed by atoms with Crippen molar-refractivity contribution in [1.29, 1.82) is 5.26 Å². The number of amides is 4. The molecule has 1 saturated carbocycles. The lowest BCUT2D eigenvalue weighted by atomic mass is 9.89. The summed E-state index contributed by atoms with van der Waals surface area (Å²) in [6.45, 7) is 2.70. The van der Waals surface area contributed by atoms with Crippen molar-refractivity contribution in [2.75, 3.05) is 54.9 Å². The Kier molecular flexibility index (Phi) is 13.1. The SMILES string of the molecule is CC1(C)C(=O)N(c2ccc(C#N)c(C(F)(F)F)c2)C(=S)N1[C@H]1CC[C@H](OCCN2CCN(CC(=O)Nc3cc(F)cc(NC4CCC(=O)NC4=O)c3)C(C(F)(F)F)C2)CC1. The molecular formula is C39H43F7N8O5S. The summed E-state index contributed by atoms with van der Waals surface area (Å²) in [5.41, 5.74) is -2.93. The largest absolute Gasteiger partial charge is 0.417 e. The van der Waals surface area contributed by atoms with E-state index in [0.29, 0.717) is 25.7 Å². The topological polar surface area (TPSA) is 150 Å². The molecule has 4 aliphatic rings. The van der Waals surface area contributed by atoms with Gasteiger partial charge in [-0.05, 0) is 94.6 Å². The van der Waals surface area contributed by atoms with Crippen LogP contribution in [0.5, 0.6) is 0 Å². The average molecular weight is 869 g/mol. The lowest BCUT2D eigenvalue weighted by Crippen LogP contribution is -2.60. The molecule has 324 valence electrons. The van der Waals surface area contributed by atoms with Crippen LogP contribution in [0.3, 0.4) is 0 Å². The first-order valence-corrected chi connectivity index (χ1v) is 19.7. The highest BCUT2D eigenvalue weighted by atomic mass is 32.1. The number of thiocarbonyl (C=S) groups is 1. The van der Waals surface area contributed by atoms with Crippen molar-refractivity contribution < 1.29 is 54.6 Å². The van der Waals surface area contributed by atoms with E-state index in [-0.39, 0.29) is 73.4 Å². The van der Waals surface area contributed by atoms with E-state index < -0.39 is 83.6 Å². The molecular weight excluding hydrogens is 826 g/mol. The van der Waals surface area contributed by atoms with Crippen molar-refractivity contribution in [3.63, 3.8) is 0 Å². The first-order valence-electron chi connectivity index (χ1n) is 19.3. The number of piperazine rings is 1. The summed E-state index contributed by atoms with van der Waals surface area (Å²) in [5.74, 6) is -3.10. The molecule has 3 heterocycles. The fourth-order valence-electron chi connectivity index (χ4n) is 8.22. The summed E-state index contributed by atoms with van der Waals surface area (Å²) < 4.78 is 105. The van der Waals surface area contributed by atoms with Crippen LogP contribution in [-0.4, -0.2) is 119 Å². The highest BCUT2D eigenvalue weighted by Gasteiger charge is 2.53. The van der Waals surface area contributed by atoms with E-state index in [1.54, 1.807) is 23.6 Å². The molecule has 0 spiro atoms. The van der Waals surface area contributed by atoms with Crippen LogP contribution in [0.25, 0.3) is 0 Å². The summed E-state index contributed by atoms with van der Waals surface area (Å²) in [6, 6.07) is 4.93. The van der Waals surface area contributed by atoms with Gasteiger partial charge >= 0.3 is 12.4 Å². The average Bonchev–Trinajstić information content (AvgIpc) is 3.34. The summed E-state index contributed by atoms with van der Waals surface area (Å²) in [7, 11) is 0. The molecule has 2 aromatic carbocycles. The molecule has 4 fully saturated rings. The van der Waals surface area contributed by atoms with E-state index >= 15 is 0 Å². The Morgan fingerprint density at radius 3 is 2.35 bits per heavy atom. The van der Waals surface area contributed by atoms with Gasteiger partial charge in [0.25, 0.3) is 5.91 Å². The number of benzene rings is 2. The normalized spacial score (nSPS) is 24.3. The number of halogens is 7. The van der Waals surface area contributed by atoms with Crippen LogP contribution in [0.4, 0.5) is 47.8 Å². The molecule has 0 aromatic heterocycles. The van der Waals surface area contributed by atoms with Crippen molar-refractivity contribution in [3.05, 3.63) is 53.3 Å². The molecule has 0 bridgehead atoms. The van der Waals surface area contributed by atoms with E-state index in [9.17, 15) is 55.2 Å². The lowest BCUT2D eigenvalue weighted by molar-refractivity contribution is -0.197. The Bertz CT molecular complexity index is 2050. The van der Waals surface area contributed by atoms with Crippen molar-refractivity contribution >= 4 is 58.0 Å². The zero-order chi connectivity index (χ0) is 43.7. The summed E-state index contributed by atoms with van der Waals surface area (Å²) in [5, 5.41) is 16.7. The zero-order valence-corrected chi connectivity index (χ0v) is 33.4. The van der Waals surface area contributed by atoms with Crippen LogP contribution in [0.1, 0.15) is 63.5 Å². The van der Waals surface area contributed by atoms with Crippen molar-refractivity contribution in [2.24, 2.45) is 0 Å². The molecule has 6 rings (SSSR count). The Labute approximate surface area is 346 Å². The Hall–Kier alpha value is -4.91. The molecule has 2 aromatic rings. The standard InChI is InChI=1S/C39H43F7N8O5S/c1-37(2)35(58)53(27-4-3-22(19-47)29(18-27)38(41,42)43)36(60)54(37)26-5-7-28(8-6-26)59-14-13-51-11-12-52(31(20-51)39(44,45)46)21-33(56)49-25-16-23(40)15-24(17-25)48-30-9-10-32(55)50-34(30)57/h3-4,15-18,26,28,30-31,48H,5-14,20-21H2,1-2H3,(H,49,56)(H,50,55,57)/t26-,28-,30?,31?. The minimum atomic E-state index is -4.83. The predicted octanol–water partition coefficient (Wildman–Crippen LogP) is 5.16. The summed E-state index contributed by atoms with van der Waals surface area (Å²) >= 11 is 5.66. The third kappa shape index (κ3) is 9.99. The number of nitrogens with zero attached hydrogens (tertiary/aromatic N) is 5. The second kappa shape index (κ2) is 17.6. The van der Waals surface area contributed by atoms with Gasteiger partial charge in [0.2, 0.25) is 17.7 Å². The Balaban J connectivity index is 0.980. The van der Waals surface area contributed by atoms with E-state index in [2.05, 4.69) is 16.0 Å². The van der Waals surface area contributed by atoms with Crippen molar-refractivity contribution in [3.8, 4) is 6.07 Å². The maximum atomic E-state index is 14.4. The molecule has 4 amide bonds. The third-order valence-corrected chi connectivity index (χ3v) is 11.6. The van der Waals surface area contributed by atoms with Gasteiger partial charge in [-0.25, -0.2) is 4.39 Å². The van der Waals surface area contributed by atoms with Gasteiger partial charge in [0.05, 0.1) is 42.1 Å². The van der Waals surface area contributed by atoms with Crippen molar-refractivity contribution in [1.82, 2.24) is 20.0 Å². The van der Waals surface area contributed by atoms with E-state index in [1.807, 2.05) is 0 Å². The fraction of sp³-hybridized carbons (Fsp3) is 0.538. The predicted molar refractivity (Wildman–Crippen MR) is 207 cm³/mol. The highest BCUT2D eigenvalue weighted by molar-refractivity contribution is 7.80. The van der Waals surface area contributed by atoms with Gasteiger partial charge in [-0.3, -0.25) is 39.2 Å². The fourth-order valence-corrected chi connectivity index (χ4v) is 8.78. The maximum absolute atomic E-state index is 14.4. The smallest absolute Gasteiger partial charge is 0.377 e. The number of hydrogen-bond donors (Lipinski definition) is 3. The quantitative estimate of drug-likeness (QED) is 0.156. The molecule has 13 nitrogen and oxygen atoms in total. The van der Waals surface area contributed by atoms with Crippen LogP contribution in [-0.2, 0) is 30.1 Å². The van der Waals surface area contributed by atoms with Crippen LogP contribution < -0.4 is 20.9 Å². The first-order chi connectivity index (χ1) is 28.1. The number of anilines is 3. The molecule has 0 radical (unpaired) electrons. The number of carbonyl (C=O) groups excluding carboxylic acids is 4. The number of imide groups is 1. The molecule has 1 aliphatic carbocycles. The molecule has 3 N–H and O–H groups in total. The minimum Gasteiger partial charge on any atom is -0.377 e. The molecule has 3 saturated heterocycles. The first kappa shape index (κ1) is 44.6. The number of rotatable bonds is 11. The Morgan fingerprint density at radius 1 is 1.00 bits per heavy atom. The number of ether oxygens (including phenoxy) is 1. The number of hydrogen-bond acceptors (Lipinski definition) is 10. The molecule has 3 aliphatic heterocycles. The van der Waals surface area contributed by atoms with E-state index in [0.717, 1.165) is 34.1 Å². The number of nitriles is 1. The van der Waals surface area contributed by atoms with Crippen LogP contribution in [0.2, 0.25) is 0 Å². The van der Waals surface area contributed by atoms with Gasteiger partial charge in [-0.1, -0.05) is 0 Å². The molecule has 60 heavy (non-hydrogen) atoms. The van der Waals surface area contributed by atoms with Gasteiger partial charge in [0.1, 0.15) is 23.4 Å². The molecule has 2 unspecified atom stereocenters. The second-order valence-electron chi connectivity index (χ2n) is 15.7. The van der Waals surface area contributed by atoms with Crippen LogP contribution in [0, 0.1) is 17.1 Å². The molecule has 21 heteroatoms. The van der Waals surface area contributed by atoms with E-state index in [1.165, 1.54) is 18.2 Å². The lowest BCUT2D eigenvalue weighted by Gasteiger charge is -2.42. The third-order valence-electron chi connectivity index (χ3n) is 11.2. The van der Waals surface area contributed by atoms with Crippen LogP contribution in [0.15, 0.2) is 36.4 Å². The minimum absolute atomic E-state index is 0.0310. The highest BCUT2D eigenvalue weighted by Crippen LogP contribution is 2.41. The van der Waals surface area contributed by atoms with Gasteiger partial charge < -0.3 is 20.3 Å². The number of alkyl halides is 6. The second-order valence-corrected chi connectivity index (χ2v) is 16.1. The number of piperidine rings is 1. The molecule has 2 atom stereocenters. The van der Waals surface area contributed by atoms with Gasteiger partial charge in [0.15, 0.2) is 5.11 Å². The van der Waals surface area contributed by atoms with Crippen molar-refractivity contribution in [2.45, 2.75) is 94.5 Å². The van der Waals surface area contributed by atoms with E-state index in [4.69, 9.17) is 17.0 Å². The van der Waals surface area contributed by atoms with Gasteiger partial charge in [0, 0.05) is 50.0 Å². The van der Waals surface area contributed by atoms with Gasteiger partial charge in [-0.15, -0.1) is 0 Å². The number of nitrogens with one attached hydrogen (secondary N) is 3. The summed E-state index contributed by atoms with van der Waals surface area (Å²) in [6.07, 6.45) is -7.34. The van der Waals surface area contributed by atoms with Gasteiger partial charge in [-0.2, -0.15) is 31.6 Å². The number of carbonyl (C=O) groups is 4. The Morgan fingerprint density at radius 2 is 1.70 bits per heavy atom. The monoisotopic (exact) mass is 868 g/mol. The maximum Gasteiger partial charge on any atom is 0.417 e. The van der Waals surface area contributed by atoms with Crippen LogP contribution >= 0.6 is 12.2 Å². The summed E-state index contributed by atoms with van der Waals surface area (Å²) in [4.78, 5) is 55.5.